The highest BCUT2D eigenvalue weighted by atomic mass is 19.1. The van der Waals surface area contributed by atoms with Crippen LogP contribution in [0.25, 0.3) is 0 Å². The number of nitrogens with one attached hydrogen (secondary N) is 1. The van der Waals surface area contributed by atoms with Crippen LogP contribution >= 0.6 is 0 Å². The van der Waals surface area contributed by atoms with Gasteiger partial charge in [0.15, 0.2) is 5.60 Å². The number of amides is 1. The Morgan fingerprint density at radius 1 is 1.57 bits per heavy atom. The van der Waals surface area contributed by atoms with Crippen molar-refractivity contribution in [2.24, 2.45) is 0 Å². The summed E-state index contributed by atoms with van der Waals surface area (Å²) in [4.78, 5) is 15.5. The third-order valence-electron chi connectivity index (χ3n) is 3.25. The molecule has 1 N–H and O–H groups in total. The fraction of sp³-hybridized carbons (Fsp3) is 0.308. The number of aromatic nitrogens is 3. The van der Waals surface area contributed by atoms with Crippen molar-refractivity contribution in [1.29, 1.82) is 0 Å². The molecule has 1 saturated heterocycles. The number of hydrogen-bond donors (Lipinski definition) is 1. The summed E-state index contributed by atoms with van der Waals surface area (Å²) in [5.74, 6) is -1.87. The van der Waals surface area contributed by atoms with Crippen LogP contribution < -0.4 is 5.32 Å². The first-order chi connectivity index (χ1) is 11.2. The molecule has 1 fully saturated rings. The van der Waals surface area contributed by atoms with E-state index >= 15 is 0 Å². The number of rotatable bonds is 3. The molecule has 0 spiro atoms. The summed E-state index contributed by atoms with van der Waals surface area (Å²) in [6.07, 6.45) is 1.45. The zero-order chi connectivity index (χ0) is 17.5. The molecule has 2 atom stereocenters. The number of halogens is 2. The number of carbonyl (C=O) groups is 1. The topological polar surface area (TPSA) is 69.0 Å². The van der Waals surface area contributed by atoms with Gasteiger partial charge in [0, 0.05) is 15.7 Å². The van der Waals surface area contributed by atoms with Gasteiger partial charge in [-0.15, -0.1) is 0 Å². The summed E-state index contributed by atoms with van der Waals surface area (Å²) in [7, 11) is 0. The fourth-order valence-corrected chi connectivity index (χ4v) is 2.30. The Morgan fingerprint density at radius 3 is 3.10 bits per heavy atom. The van der Waals surface area contributed by atoms with Crippen molar-refractivity contribution >= 4 is 6.09 Å². The second kappa shape index (κ2) is 4.80. The summed E-state index contributed by atoms with van der Waals surface area (Å²) >= 11 is 0. The molecule has 2 heterocycles. The van der Waals surface area contributed by atoms with E-state index < -0.39 is 36.2 Å². The average molecular weight is 297 g/mol. The largest absolute Gasteiger partial charge is 0.434 e. The molecule has 0 aliphatic carbocycles. The summed E-state index contributed by atoms with van der Waals surface area (Å²) < 4.78 is 57.0. The van der Waals surface area contributed by atoms with E-state index in [1.54, 1.807) is 0 Å². The van der Waals surface area contributed by atoms with Gasteiger partial charge in [-0.05, 0) is 19.0 Å². The minimum Gasteiger partial charge on any atom is -0.434 e. The van der Waals surface area contributed by atoms with Gasteiger partial charge in [0.1, 0.15) is 24.3 Å². The summed E-state index contributed by atoms with van der Waals surface area (Å²) in [6.45, 7) is -3.01. The fourth-order valence-electron chi connectivity index (χ4n) is 2.30. The molecule has 1 aliphatic rings. The van der Waals surface area contributed by atoms with Gasteiger partial charge < -0.3 is 10.1 Å². The Balaban J connectivity index is 2.18. The van der Waals surface area contributed by atoms with Crippen LogP contribution in [-0.2, 0) is 16.9 Å². The highest BCUT2D eigenvalue weighted by Crippen LogP contribution is 2.37. The van der Waals surface area contributed by atoms with Gasteiger partial charge in [-0.25, -0.2) is 23.2 Å². The molecule has 0 unspecified atom stereocenters. The molecule has 1 amide bonds. The zero-order valence-electron chi connectivity index (χ0n) is 13.6. The molecule has 0 bridgehead atoms. The summed E-state index contributed by atoms with van der Waals surface area (Å²) in [6, 6.07) is 1.06. The number of hydrogen-bond acceptors (Lipinski definition) is 4. The Kier molecular flexibility index (Phi) is 2.34. The van der Waals surface area contributed by atoms with Crippen LogP contribution in [0.2, 0.25) is 0 Å². The first-order valence-electron chi connectivity index (χ1n) is 7.50. The molecule has 21 heavy (non-hydrogen) atoms. The average Bonchev–Trinajstić information content (AvgIpc) is 3.06. The molecule has 1 aliphatic heterocycles. The van der Waals surface area contributed by atoms with E-state index in [1.807, 2.05) is 0 Å². The van der Waals surface area contributed by atoms with Crippen molar-refractivity contribution < 1.29 is 22.4 Å². The number of alkyl carbamates (subject to hydrolysis) is 1. The Labute approximate surface area is 123 Å². The van der Waals surface area contributed by atoms with Crippen molar-refractivity contribution in [3.8, 4) is 0 Å². The quantitative estimate of drug-likeness (QED) is 0.934. The Morgan fingerprint density at radius 2 is 2.43 bits per heavy atom. The molecular formula is C13H12F2N4O2. The van der Waals surface area contributed by atoms with E-state index in [2.05, 4.69) is 15.4 Å². The first kappa shape index (κ1) is 10.3. The Bertz CT molecular complexity index is 769. The maximum absolute atomic E-state index is 14.4. The van der Waals surface area contributed by atoms with Crippen LogP contribution in [0.1, 0.15) is 16.5 Å². The molecule has 2 aromatic rings. The van der Waals surface area contributed by atoms with Crippen LogP contribution in [0.5, 0.6) is 0 Å². The van der Waals surface area contributed by atoms with E-state index in [-0.39, 0.29) is 12.1 Å². The number of carbonyl (C=O) groups excluding carboxylic acids is 1. The maximum atomic E-state index is 14.4. The van der Waals surface area contributed by atoms with E-state index in [4.69, 9.17) is 8.85 Å². The molecule has 1 aromatic carbocycles. The monoisotopic (exact) mass is 297 g/mol. The SMILES string of the molecule is [2H]C([2H])([2H])[C@@H]1NC(=O)O[C@]1(Cn1cncn1)c1ccc(F)cc1F. The van der Waals surface area contributed by atoms with E-state index in [9.17, 15) is 13.6 Å². The van der Waals surface area contributed by atoms with Crippen molar-refractivity contribution in [1.82, 2.24) is 20.1 Å². The smallest absolute Gasteiger partial charge is 0.408 e. The highest BCUT2D eigenvalue weighted by molar-refractivity contribution is 5.71. The van der Waals surface area contributed by atoms with Gasteiger partial charge in [-0.3, -0.25) is 0 Å². The molecule has 8 heteroatoms. The molecule has 3 rings (SSSR count). The standard InChI is InChI=1S/C13H12F2N4O2/c1-8-13(21-12(20)18-8,5-19-7-16-6-17-19)10-3-2-9(14)4-11(10)15/h2-4,6-8H,5H2,1H3,(H,18,20)/t8-,13-/m0/s1/i1D3. The highest BCUT2D eigenvalue weighted by Gasteiger charge is 2.50. The lowest BCUT2D eigenvalue weighted by Crippen LogP contribution is -2.43. The minimum absolute atomic E-state index is 0.265. The molecule has 6 nitrogen and oxygen atoms in total. The van der Waals surface area contributed by atoms with Gasteiger partial charge >= 0.3 is 6.09 Å². The summed E-state index contributed by atoms with van der Waals surface area (Å²) in [5, 5.41) is 6.04. The second-order valence-corrected chi connectivity index (χ2v) is 4.57. The predicted molar refractivity (Wildman–Crippen MR) is 67.1 cm³/mol. The van der Waals surface area contributed by atoms with E-state index in [0.717, 1.165) is 12.1 Å². The van der Waals surface area contributed by atoms with Crippen LogP contribution in [0.15, 0.2) is 30.9 Å². The van der Waals surface area contributed by atoms with E-state index in [1.165, 1.54) is 17.3 Å². The molecule has 0 radical (unpaired) electrons. The minimum atomic E-state index is -2.70. The van der Waals surface area contributed by atoms with Gasteiger partial charge in [0.25, 0.3) is 0 Å². The van der Waals surface area contributed by atoms with Crippen molar-refractivity contribution in [3.05, 3.63) is 48.1 Å². The van der Waals surface area contributed by atoms with Crippen LogP contribution in [0.4, 0.5) is 13.6 Å². The third-order valence-corrected chi connectivity index (χ3v) is 3.25. The molecule has 0 saturated carbocycles. The third kappa shape index (κ3) is 2.22. The van der Waals surface area contributed by atoms with E-state index in [0.29, 0.717) is 6.07 Å². The first-order valence-corrected chi connectivity index (χ1v) is 6.00. The lowest BCUT2D eigenvalue weighted by atomic mass is 9.87. The second-order valence-electron chi connectivity index (χ2n) is 4.57. The number of cyclic esters (lactones) is 1. The van der Waals surface area contributed by atoms with Gasteiger partial charge in [-0.2, -0.15) is 5.10 Å². The number of nitrogens with zero attached hydrogens (tertiary/aromatic N) is 3. The number of benzene rings is 1. The molecule has 1 aromatic heterocycles. The van der Waals surface area contributed by atoms with Gasteiger partial charge in [0.2, 0.25) is 0 Å². The van der Waals surface area contributed by atoms with Crippen molar-refractivity contribution in [2.75, 3.05) is 0 Å². The van der Waals surface area contributed by atoms with Crippen LogP contribution in [0.3, 0.4) is 0 Å². The lowest BCUT2D eigenvalue weighted by Gasteiger charge is -2.31. The molecular weight excluding hydrogens is 282 g/mol. The van der Waals surface area contributed by atoms with Crippen LogP contribution in [0, 0.1) is 11.6 Å². The predicted octanol–water partition coefficient (Wildman–Crippen LogP) is 1.58. The number of ether oxygens (including phenoxy) is 1. The maximum Gasteiger partial charge on any atom is 0.408 e. The Hall–Kier alpha value is -2.51. The summed E-state index contributed by atoms with van der Waals surface area (Å²) in [5.41, 5.74) is -2.20. The van der Waals surface area contributed by atoms with Crippen molar-refractivity contribution in [2.45, 2.75) is 25.0 Å². The lowest BCUT2D eigenvalue weighted by molar-refractivity contribution is 0.0146. The molecule has 110 valence electrons. The normalized spacial score (nSPS) is 27.4. The van der Waals surface area contributed by atoms with Gasteiger partial charge in [-0.1, -0.05) is 0 Å². The van der Waals surface area contributed by atoms with Crippen LogP contribution in [-0.4, -0.2) is 26.9 Å². The zero-order valence-corrected chi connectivity index (χ0v) is 10.6. The van der Waals surface area contributed by atoms with Gasteiger partial charge in [0.05, 0.1) is 12.6 Å². The van der Waals surface area contributed by atoms with Crippen molar-refractivity contribution in [3.63, 3.8) is 0 Å².